The molecular weight excluding hydrogens is 314 g/mol. The van der Waals surface area contributed by atoms with Gasteiger partial charge in [0.2, 0.25) is 11.8 Å². The summed E-state index contributed by atoms with van der Waals surface area (Å²) in [5.74, 6) is -0.192. The number of rotatable bonds is 4. The van der Waals surface area contributed by atoms with Crippen LogP contribution in [0.5, 0.6) is 0 Å². The van der Waals surface area contributed by atoms with Crippen molar-refractivity contribution in [3.05, 3.63) is 29.3 Å². The molecule has 5 nitrogen and oxygen atoms in total. The van der Waals surface area contributed by atoms with Gasteiger partial charge < -0.3 is 15.1 Å². The number of hydrogen-bond acceptors (Lipinski definition) is 3. The molecule has 1 N–H and O–H groups in total. The predicted molar refractivity (Wildman–Crippen MR) is 90.6 cm³/mol. The monoisotopic (exact) mass is 335 g/mol. The zero-order valence-electron chi connectivity index (χ0n) is 13.3. The van der Waals surface area contributed by atoms with E-state index in [1.807, 2.05) is 30.1 Å². The fraction of sp³-hybridized carbons (Fsp3) is 0.529. The summed E-state index contributed by atoms with van der Waals surface area (Å²) >= 11 is 6.19. The molecule has 1 aromatic carbocycles. The van der Waals surface area contributed by atoms with Crippen molar-refractivity contribution < 1.29 is 9.59 Å². The minimum absolute atomic E-state index is 0.0270. The van der Waals surface area contributed by atoms with Crippen LogP contribution < -0.4 is 10.2 Å². The number of amides is 2. The van der Waals surface area contributed by atoms with Gasteiger partial charge in [-0.25, -0.2) is 0 Å². The lowest BCUT2D eigenvalue weighted by Crippen LogP contribution is -2.44. The first-order valence-electron chi connectivity index (χ1n) is 8.11. The SMILES string of the molecule is CNC[C@@H]1CCCN1C(=O)[C@H]1CC(=O)N(c2ccccc2Cl)C1. The maximum absolute atomic E-state index is 12.8. The van der Waals surface area contributed by atoms with E-state index in [9.17, 15) is 9.59 Å². The van der Waals surface area contributed by atoms with Crippen LogP contribution in [-0.4, -0.2) is 49.4 Å². The van der Waals surface area contributed by atoms with Crippen molar-refractivity contribution in [2.24, 2.45) is 5.92 Å². The van der Waals surface area contributed by atoms with Gasteiger partial charge in [0.25, 0.3) is 0 Å². The third-order valence-electron chi connectivity index (χ3n) is 4.72. The van der Waals surface area contributed by atoms with Gasteiger partial charge in [-0.3, -0.25) is 9.59 Å². The minimum atomic E-state index is -0.267. The molecule has 0 bridgehead atoms. The predicted octanol–water partition coefficient (Wildman–Crippen LogP) is 1.90. The lowest BCUT2D eigenvalue weighted by molar-refractivity contribution is -0.136. The summed E-state index contributed by atoms with van der Waals surface area (Å²) in [5, 5.41) is 3.69. The van der Waals surface area contributed by atoms with Crippen LogP contribution in [0.2, 0.25) is 5.02 Å². The second kappa shape index (κ2) is 6.89. The molecule has 23 heavy (non-hydrogen) atoms. The molecule has 2 aliphatic heterocycles. The van der Waals surface area contributed by atoms with Crippen LogP contribution in [0.3, 0.4) is 0 Å². The second-order valence-corrected chi connectivity index (χ2v) is 6.65. The lowest BCUT2D eigenvalue weighted by Gasteiger charge is -2.27. The standard InChI is InChI=1S/C17H22ClN3O2/c1-19-10-13-5-4-8-20(13)17(23)12-9-16(22)21(11-12)15-7-3-2-6-14(15)18/h2-3,6-7,12-13,19H,4-5,8-11H2,1H3/t12-,13-/m0/s1. The van der Waals surface area contributed by atoms with Crippen LogP contribution >= 0.6 is 11.6 Å². The zero-order chi connectivity index (χ0) is 16.4. The Hall–Kier alpha value is -1.59. The summed E-state index contributed by atoms with van der Waals surface area (Å²) in [7, 11) is 1.90. The van der Waals surface area contributed by atoms with E-state index >= 15 is 0 Å². The van der Waals surface area contributed by atoms with Gasteiger partial charge in [0.15, 0.2) is 0 Å². The van der Waals surface area contributed by atoms with Gasteiger partial charge in [-0.2, -0.15) is 0 Å². The van der Waals surface area contributed by atoms with E-state index in [0.717, 1.165) is 25.9 Å². The molecule has 0 spiro atoms. The van der Waals surface area contributed by atoms with E-state index in [1.54, 1.807) is 11.0 Å². The molecule has 3 rings (SSSR count). The van der Waals surface area contributed by atoms with Crippen molar-refractivity contribution in [2.45, 2.75) is 25.3 Å². The Kier molecular flexibility index (Phi) is 4.87. The highest BCUT2D eigenvalue weighted by molar-refractivity contribution is 6.33. The van der Waals surface area contributed by atoms with E-state index in [2.05, 4.69) is 5.32 Å². The molecule has 2 amide bonds. The first kappa shape index (κ1) is 16.3. The van der Waals surface area contributed by atoms with Gasteiger partial charge in [0.1, 0.15) is 0 Å². The van der Waals surface area contributed by atoms with Crippen molar-refractivity contribution in [1.29, 1.82) is 0 Å². The van der Waals surface area contributed by atoms with Crippen molar-refractivity contribution in [3.8, 4) is 0 Å². The molecule has 0 radical (unpaired) electrons. The number of benzene rings is 1. The zero-order valence-corrected chi connectivity index (χ0v) is 14.1. The first-order valence-corrected chi connectivity index (χ1v) is 8.49. The van der Waals surface area contributed by atoms with Crippen molar-refractivity contribution in [1.82, 2.24) is 10.2 Å². The van der Waals surface area contributed by atoms with E-state index < -0.39 is 0 Å². The van der Waals surface area contributed by atoms with Gasteiger partial charge in [0.05, 0.1) is 16.6 Å². The average molecular weight is 336 g/mol. The molecule has 124 valence electrons. The molecule has 0 saturated carbocycles. The number of para-hydroxylation sites is 1. The summed E-state index contributed by atoms with van der Waals surface area (Å²) in [6.07, 6.45) is 2.33. The molecule has 6 heteroatoms. The quantitative estimate of drug-likeness (QED) is 0.914. The summed E-state index contributed by atoms with van der Waals surface area (Å²) in [6.45, 7) is 2.02. The van der Waals surface area contributed by atoms with Gasteiger partial charge in [-0.15, -0.1) is 0 Å². The number of hydrogen-bond donors (Lipinski definition) is 1. The molecule has 0 aromatic heterocycles. The van der Waals surface area contributed by atoms with Gasteiger partial charge in [-0.1, -0.05) is 23.7 Å². The Balaban J connectivity index is 1.72. The Bertz CT molecular complexity index is 607. The number of carbonyl (C=O) groups excluding carboxylic acids is 2. The smallest absolute Gasteiger partial charge is 0.228 e. The Morgan fingerprint density at radius 3 is 2.91 bits per heavy atom. The van der Waals surface area contributed by atoms with E-state index in [1.165, 1.54) is 0 Å². The van der Waals surface area contributed by atoms with Crippen LogP contribution in [-0.2, 0) is 9.59 Å². The topological polar surface area (TPSA) is 52.7 Å². The number of halogens is 1. The number of nitrogens with one attached hydrogen (secondary N) is 1. The van der Waals surface area contributed by atoms with Gasteiger partial charge in [-0.05, 0) is 32.0 Å². The molecule has 2 heterocycles. The molecule has 0 unspecified atom stereocenters. The first-order chi connectivity index (χ1) is 11.1. The van der Waals surface area contributed by atoms with Crippen molar-refractivity contribution in [3.63, 3.8) is 0 Å². The molecule has 0 aliphatic carbocycles. The summed E-state index contributed by atoms with van der Waals surface area (Å²) < 4.78 is 0. The molecule has 1 aromatic rings. The van der Waals surface area contributed by atoms with Crippen LogP contribution in [0, 0.1) is 5.92 Å². The van der Waals surface area contributed by atoms with E-state index in [4.69, 9.17) is 11.6 Å². The molecule has 2 atom stereocenters. The highest BCUT2D eigenvalue weighted by Crippen LogP contribution is 2.32. The Morgan fingerprint density at radius 1 is 1.39 bits per heavy atom. The van der Waals surface area contributed by atoms with E-state index in [-0.39, 0.29) is 30.2 Å². The number of likely N-dealkylation sites (N-methyl/N-ethyl adjacent to an activating group) is 1. The number of anilines is 1. The van der Waals surface area contributed by atoms with Crippen molar-refractivity contribution >= 4 is 29.1 Å². The third-order valence-corrected chi connectivity index (χ3v) is 5.04. The highest BCUT2D eigenvalue weighted by Gasteiger charge is 2.40. The lowest BCUT2D eigenvalue weighted by atomic mass is 10.1. The van der Waals surface area contributed by atoms with Crippen LogP contribution in [0.4, 0.5) is 5.69 Å². The Labute approximate surface area is 141 Å². The average Bonchev–Trinajstić information content (AvgIpc) is 3.14. The number of carbonyl (C=O) groups is 2. The molecule has 2 aliphatic rings. The third kappa shape index (κ3) is 3.21. The van der Waals surface area contributed by atoms with Crippen LogP contribution in [0.15, 0.2) is 24.3 Å². The fourth-order valence-electron chi connectivity index (χ4n) is 3.58. The highest BCUT2D eigenvalue weighted by atomic mass is 35.5. The summed E-state index contributed by atoms with van der Waals surface area (Å²) in [4.78, 5) is 28.8. The summed E-state index contributed by atoms with van der Waals surface area (Å²) in [6, 6.07) is 7.53. The largest absolute Gasteiger partial charge is 0.338 e. The Morgan fingerprint density at radius 2 is 2.17 bits per heavy atom. The summed E-state index contributed by atoms with van der Waals surface area (Å²) in [5.41, 5.74) is 0.697. The van der Waals surface area contributed by atoms with Crippen LogP contribution in [0.25, 0.3) is 0 Å². The normalized spacial score (nSPS) is 24.5. The van der Waals surface area contributed by atoms with Gasteiger partial charge in [0, 0.05) is 32.1 Å². The van der Waals surface area contributed by atoms with E-state index in [0.29, 0.717) is 17.3 Å². The minimum Gasteiger partial charge on any atom is -0.338 e. The number of likely N-dealkylation sites (tertiary alicyclic amines) is 1. The second-order valence-electron chi connectivity index (χ2n) is 6.24. The maximum Gasteiger partial charge on any atom is 0.228 e. The molecular formula is C17H22ClN3O2. The number of nitrogens with zero attached hydrogens (tertiary/aromatic N) is 2. The van der Waals surface area contributed by atoms with Crippen molar-refractivity contribution in [2.75, 3.05) is 31.6 Å². The molecule has 2 saturated heterocycles. The maximum atomic E-state index is 12.8. The van der Waals surface area contributed by atoms with Crippen LogP contribution in [0.1, 0.15) is 19.3 Å². The van der Waals surface area contributed by atoms with Gasteiger partial charge >= 0.3 is 0 Å². The fourth-order valence-corrected chi connectivity index (χ4v) is 3.82. The molecule has 2 fully saturated rings.